The van der Waals surface area contributed by atoms with Crippen molar-refractivity contribution in [3.05, 3.63) is 29.8 Å². The Morgan fingerprint density at radius 1 is 1.25 bits per heavy atom. The second kappa shape index (κ2) is 3.10. The smallest absolute Gasteiger partial charge is 0.304 e. The van der Waals surface area contributed by atoms with E-state index in [9.17, 15) is 0 Å². The third kappa shape index (κ3) is 1.94. The quantitative estimate of drug-likeness (QED) is 0.537. The molecule has 0 aliphatic heterocycles. The van der Waals surface area contributed by atoms with Gasteiger partial charge in [-0.1, -0.05) is 12.1 Å². The summed E-state index contributed by atoms with van der Waals surface area (Å²) in [6.45, 7) is 0. The molecule has 0 aromatic heterocycles. The van der Waals surface area contributed by atoms with Gasteiger partial charge in [-0.2, -0.15) is 0 Å². The van der Waals surface area contributed by atoms with E-state index in [1.165, 1.54) is 19.2 Å². The van der Waals surface area contributed by atoms with Crippen molar-refractivity contribution >= 4 is 0 Å². The number of methoxy groups -OCH3 is 1. The highest BCUT2D eigenvalue weighted by molar-refractivity contribution is 5.29. The Morgan fingerprint density at radius 2 is 1.92 bits per heavy atom. The maximum atomic E-state index is 8.76. The van der Waals surface area contributed by atoms with Gasteiger partial charge < -0.3 is 20.1 Å². The molecule has 12 heavy (non-hydrogen) atoms. The molecular formula is C8H10O4. The molecule has 0 unspecified atom stereocenters. The predicted octanol–water partition coefficient (Wildman–Crippen LogP) is -0.218. The lowest BCUT2D eigenvalue weighted by molar-refractivity contribution is -0.323. The number of ether oxygens (including phenoxy) is 1. The first-order valence-corrected chi connectivity index (χ1v) is 3.35. The van der Waals surface area contributed by atoms with E-state index >= 15 is 0 Å². The predicted molar refractivity (Wildman–Crippen MR) is 41.3 cm³/mol. The Hall–Kier alpha value is -1.10. The Kier molecular flexibility index (Phi) is 2.32. The number of hydrogen-bond acceptors (Lipinski definition) is 4. The lowest BCUT2D eigenvalue weighted by atomic mass is 10.2. The Bertz CT molecular complexity index is 264. The minimum atomic E-state index is -2.80. The summed E-state index contributed by atoms with van der Waals surface area (Å²) in [7, 11) is 1.45. The van der Waals surface area contributed by atoms with Gasteiger partial charge in [0.1, 0.15) is 5.75 Å². The Labute approximate surface area is 69.7 Å². The zero-order valence-corrected chi connectivity index (χ0v) is 6.56. The van der Waals surface area contributed by atoms with Crippen LogP contribution in [0.25, 0.3) is 0 Å². The lowest BCUT2D eigenvalue weighted by Gasteiger charge is -2.14. The summed E-state index contributed by atoms with van der Waals surface area (Å²) in [5.41, 5.74) is -0.0261. The van der Waals surface area contributed by atoms with Crippen LogP contribution in [0.4, 0.5) is 0 Å². The van der Waals surface area contributed by atoms with E-state index in [4.69, 9.17) is 20.1 Å². The van der Waals surface area contributed by atoms with Crippen LogP contribution in [-0.4, -0.2) is 22.4 Å². The van der Waals surface area contributed by atoms with E-state index in [1.807, 2.05) is 0 Å². The van der Waals surface area contributed by atoms with Gasteiger partial charge in [0.25, 0.3) is 0 Å². The van der Waals surface area contributed by atoms with Crippen molar-refractivity contribution in [2.75, 3.05) is 7.11 Å². The van der Waals surface area contributed by atoms with Gasteiger partial charge in [-0.25, -0.2) is 0 Å². The van der Waals surface area contributed by atoms with Crippen LogP contribution in [-0.2, 0) is 5.97 Å². The Morgan fingerprint density at radius 3 is 2.42 bits per heavy atom. The van der Waals surface area contributed by atoms with E-state index in [2.05, 4.69) is 0 Å². The van der Waals surface area contributed by atoms with Crippen LogP contribution >= 0.6 is 0 Å². The van der Waals surface area contributed by atoms with E-state index in [0.717, 1.165) is 0 Å². The molecule has 4 nitrogen and oxygen atoms in total. The molecule has 0 amide bonds. The van der Waals surface area contributed by atoms with Crippen LogP contribution in [0, 0.1) is 0 Å². The van der Waals surface area contributed by atoms with Crippen LogP contribution in [0.1, 0.15) is 5.56 Å². The van der Waals surface area contributed by atoms with Crippen molar-refractivity contribution in [2.24, 2.45) is 0 Å². The third-order valence-corrected chi connectivity index (χ3v) is 1.46. The molecule has 0 radical (unpaired) electrons. The second-order valence-corrected chi connectivity index (χ2v) is 2.37. The maximum Gasteiger partial charge on any atom is 0.304 e. The fourth-order valence-electron chi connectivity index (χ4n) is 0.832. The number of aliphatic hydroxyl groups is 3. The molecular weight excluding hydrogens is 160 g/mol. The fraction of sp³-hybridized carbons (Fsp3) is 0.250. The first kappa shape index (κ1) is 8.99. The monoisotopic (exact) mass is 170 g/mol. The topological polar surface area (TPSA) is 69.9 Å². The van der Waals surface area contributed by atoms with Crippen LogP contribution < -0.4 is 4.74 Å². The number of rotatable bonds is 2. The molecule has 0 saturated carbocycles. The molecule has 1 aromatic rings. The molecule has 0 aliphatic carbocycles. The van der Waals surface area contributed by atoms with E-state index in [0.29, 0.717) is 5.75 Å². The fourth-order valence-corrected chi connectivity index (χ4v) is 0.832. The van der Waals surface area contributed by atoms with Crippen LogP contribution in [0.2, 0.25) is 0 Å². The molecule has 0 aliphatic rings. The molecule has 4 heteroatoms. The molecule has 0 fully saturated rings. The van der Waals surface area contributed by atoms with E-state index < -0.39 is 5.97 Å². The SMILES string of the molecule is COc1cccc(C(O)(O)O)c1. The maximum absolute atomic E-state index is 8.76. The summed E-state index contributed by atoms with van der Waals surface area (Å²) >= 11 is 0. The van der Waals surface area contributed by atoms with Gasteiger partial charge in [0.05, 0.1) is 7.11 Å². The van der Waals surface area contributed by atoms with Crippen molar-refractivity contribution in [3.63, 3.8) is 0 Å². The van der Waals surface area contributed by atoms with Crippen molar-refractivity contribution in [3.8, 4) is 5.75 Å². The normalized spacial score (nSPS) is 11.3. The standard InChI is InChI=1S/C8H10O4/c1-12-7-4-2-3-6(5-7)8(9,10)11/h2-5,9-11H,1H3. The van der Waals surface area contributed by atoms with Crippen molar-refractivity contribution < 1.29 is 20.1 Å². The van der Waals surface area contributed by atoms with Gasteiger partial charge in [-0.15, -0.1) is 0 Å². The number of hydrogen-bond donors (Lipinski definition) is 3. The molecule has 66 valence electrons. The highest BCUT2D eigenvalue weighted by atomic mass is 16.7. The first-order valence-electron chi connectivity index (χ1n) is 3.35. The Balaban J connectivity index is 3.02. The zero-order valence-electron chi connectivity index (χ0n) is 6.56. The molecule has 0 atom stereocenters. The molecule has 0 bridgehead atoms. The molecule has 0 heterocycles. The average Bonchev–Trinajstić information content (AvgIpc) is 2.03. The molecule has 3 N–H and O–H groups in total. The second-order valence-electron chi connectivity index (χ2n) is 2.37. The zero-order chi connectivity index (χ0) is 9.19. The minimum absolute atomic E-state index is 0.0261. The summed E-state index contributed by atoms with van der Waals surface area (Å²) in [6, 6.07) is 5.89. The van der Waals surface area contributed by atoms with Gasteiger partial charge >= 0.3 is 5.97 Å². The van der Waals surface area contributed by atoms with Crippen molar-refractivity contribution in [1.82, 2.24) is 0 Å². The first-order chi connectivity index (χ1) is 5.54. The largest absolute Gasteiger partial charge is 0.497 e. The van der Waals surface area contributed by atoms with Crippen LogP contribution in [0.3, 0.4) is 0 Å². The van der Waals surface area contributed by atoms with Crippen LogP contribution in [0.15, 0.2) is 24.3 Å². The van der Waals surface area contributed by atoms with Crippen LogP contribution in [0.5, 0.6) is 5.75 Å². The van der Waals surface area contributed by atoms with Gasteiger partial charge in [0, 0.05) is 5.56 Å². The summed E-state index contributed by atoms with van der Waals surface area (Å²) in [6.07, 6.45) is 0. The minimum Gasteiger partial charge on any atom is -0.497 e. The van der Waals surface area contributed by atoms with Gasteiger partial charge in [0.15, 0.2) is 0 Å². The molecule has 1 aromatic carbocycles. The highest BCUT2D eigenvalue weighted by Crippen LogP contribution is 2.19. The van der Waals surface area contributed by atoms with Gasteiger partial charge in [-0.3, -0.25) is 0 Å². The third-order valence-electron chi connectivity index (χ3n) is 1.46. The summed E-state index contributed by atoms with van der Waals surface area (Å²) in [5, 5.41) is 26.3. The highest BCUT2D eigenvalue weighted by Gasteiger charge is 2.21. The summed E-state index contributed by atoms with van der Waals surface area (Å²) < 4.78 is 4.82. The average molecular weight is 170 g/mol. The van der Waals surface area contributed by atoms with Gasteiger partial charge in [0.2, 0.25) is 0 Å². The number of benzene rings is 1. The van der Waals surface area contributed by atoms with Gasteiger partial charge in [-0.05, 0) is 12.1 Å². The van der Waals surface area contributed by atoms with Crippen molar-refractivity contribution in [1.29, 1.82) is 0 Å². The van der Waals surface area contributed by atoms with Crippen molar-refractivity contribution in [2.45, 2.75) is 5.97 Å². The van der Waals surface area contributed by atoms with E-state index in [1.54, 1.807) is 12.1 Å². The molecule has 0 saturated heterocycles. The lowest BCUT2D eigenvalue weighted by Crippen LogP contribution is -2.23. The summed E-state index contributed by atoms with van der Waals surface area (Å²) in [5.74, 6) is -2.34. The summed E-state index contributed by atoms with van der Waals surface area (Å²) in [4.78, 5) is 0. The van der Waals surface area contributed by atoms with E-state index in [-0.39, 0.29) is 5.56 Å². The molecule has 0 spiro atoms. The molecule has 1 rings (SSSR count).